The Morgan fingerprint density at radius 1 is 0.930 bits per heavy atom. The fourth-order valence-electron chi connectivity index (χ4n) is 3.51. The van der Waals surface area contributed by atoms with Gasteiger partial charge in [-0.15, -0.1) is 15.3 Å². The molecule has 228 valence electrons. The lowest BCUT2D eigenvalue weighted by Gasteiger charge is -2.08. The first-order valence-corrected chi connectivity index (χ1v) is 13.1. The molecule has 11 nitrogen and oxygen atoms in total. The molecule has 19 heteroatoms. The van der Waals surface area contributed by atoms with Crippen LogP contribution in [-0.2, 0) is 38.4 Å². The highest BCUT2D eigenvalue weighted by Crippen LogP contribution is 2.29. The van der Waals surface area contributed by atoms with Crippen molar-refractivity contribution in [3.8, 4) is 0 Å². The minimum absolute atomic E-state index is 0.00494. The Hall–Kier alpha value is -4.55. The van der Waals surface area contributed by atoms with E-state index in [4.69, 9.17) is 0 Å². The van der Waals surface area contributed by atoms with Crippen LogP contribution in [0, 0.1) is 0 Å². The van der Waals surface area contributed by atoms with Gasteiger partial charge >= 0.3 is 12.4 Å². The third kappa shape index (κ3) is 8.97. The van der Waals surface area contributed by atoms with Gasteiger partial charge in [-0.2, -0.15) is 26.3 Å². The van der Waals surface area contributed by atoms with Crippen LogP contribution >= 0.6 is 11.3 Å². The van der Waals surface area contributed by atoms with Gasteiger partial charge in [0.05, 0.1) is 42.8 Å². The molecule has 0 fully saturated rings. The normalized spacial score (nSPS) is 12.6. The SMILES string of the molecule is O=C(NCc1cc(C(F)(F)F)ccn1)c1cn(CC(F)CCc2nnc(C(=O)NCc3cccc(C(F)(F)F)n3)s2)nn1. The van der Waals surface area contributed by atoms with Crippen LogP contribution in [-0.4, -0.2) is 53.1 Å². The summed E-state index contributed by atoms with van der Waals surface area (Å²) in [7, 11) is 0. The summed E-state index contributed by atoms with van der Waals surface area (Å²) < 4.78 is 92.5. The Morgan fingerprint density at radius 3 is 2.42 bits per heavy atom. The molecule has 0 aromatic carbocycles. The fourth-order valence-corrected chi connectivity index (χ4v) is 4.28. The lowest BCUT2D eigenvalue weighted by molar-refractivity contribution is -0.141. The summed E-state index contributed by atoms with van der Waals surface area (Å²) in [6, 6.07) is 4.91. The van der Waals surface area contributed by atoms with Gasteiger partial charge in [-0.1, -0.05) is 22.6 Å². The second kappa shape index (κ2) is 13.2. The lowest BCUT2D eigenvalue weighted by atomic mass is 10.2. The van der Waals surface area contributed by atoms with Crippen LogP contribution in [0.25, 0.3) is 0 Å². The van der Waals surface area contributed by atoms with E-state index in [1.807, 2.05) is 0 Å². The summed E-state index contributed by atoms with van der Waals surface area (Å²) >= 11 is 0.889. The first-order chi connectivity index (χ1) is 20.3. The van der Waals surface area contributed by atoms with Crippen LogP contribution in [0.4, 0.5) is 30.7 Å². The maximum absolute atomic E-state index is 14.6. The average molecular weight is 632 g/mol. The molecule has 0 saturated heterocycles. The minimum Gasteiger partial charge on any atom is -0.345 e. The van der Waals surface area contributed by atoms with E-state index in [1.165, 1.54) is 18.3 Å². The number of pyridine rings is 2. The molecule has 43 heavy (non-hydrogen) atoms. The second-order valence-corrected chi connectivity index (χ2v) is 9.94. The third-order valence-electron chi connectivity index (χ3n) is 5.59. The van der Waals surface area contributed by atoms with Crippen LogP contribution in [0.3, 0.4) is 0 Å². The second-order valence-electron chi connectivity index (χ2n) is 8.87. The molecule has 4 heterocycles. The number of nitrogens with one attached hydrogen (secondary N) is 2. The van der Waals surface area contributed by atoms with E-state index in [0.717, 1.165) is 40.4 Å². The monoisotopic (exact) mass is 631 g/mol. The Labute approximate surface area is 241 Å². The number of hydrogen-bond acceptors (Lipinski definition) is 9. The number of carbonyl (C=O) groups excluding carboxylic acids is 2. The van der Waals surface area contributed by atoms with Crippen molar-refractivity contribution < 1.29 is 40.3 Å². The van der Waals surface area contributed by atoms with Gasteiger partial charge in [0.2, 0.25) is 5.01 Å². The number of amides is 2. The van der Waals surface area contributed by atoms with Crippen LogP contribution in [0.2, 0.25) is 0 Å². The van der Waals surface area contributed by atoms with Gasteiger partial charge in [0.25, 0.3) is 11.8 Å². The maximum Gasteiger partial charge on any atom is 0.433 e. The predicted octanol–water partition coefficient (Wildman–Crippen LogP) is 3.79. The van der Waals surface area contributed by atoms with Crippen molar-refractivity contribution in [2.24, 2.45) is 0 Å². The number of nitrogens with zero attached hydrogens (tertiary/aromatic N) is 7. The van der Waals surface area contributed by atoms with Gasteiger partial charge in [0, 0.05) is 12.6 Å². The minimum atomic E-state index is -4.62. The zero-order chi connectivity index (χ0) is 31.2. The number of alkyl halides is 7. The summed E-state index contributed by atoms with van der Waals surface area (Å²) in [5.41, 5.74) is -2.21. The molecule has 0 radical (unpaired) electrons. The van der Waals surface area contributed by atoms with Gasteiger partial charge in [0.15, 0.2) is 5.69 Å². The van der Waals surface area contributed by atoms with Gasteiger partial charge in [-0.25, -0.2) is 14.1 Å². The van der Waals surface area contributed by atoms with Crippen molar-refractivity contribution in [1.29, 1.82) is 0 Å². The van der Waals surface area contributed by atoms with Crippen molar-refractivity contribution in [1.82, 2.24) is 45.8 Å². The summed E-state index contributed by atoms with van der Waals surface area (Å²) in [5, 5.41) is 19.9. The van der Waals surface area contributed by atoms with Crippen LogP contribution in [0.5, 0.6) is 0 Å². The standard InChI is InChI=1S/C24H20F7N9O2S/c25-14(11-40-12-17(36-39-40)20(41)33-10-16-8-13(6-7-32-16)23(26,27)28)4-5-19-37-38-22(43-19)21(42)34-9-15-2-1-3-18(35-15)24(29,30)31/h1-3,6-8,12,14H,4-5,9-11H2,(H,33,41)(H,34,42). The number of hydrogen-bond donors (Lipinski definition) is 2. The number of aromatic nitrogens is 7. The Balaban J connectivity index is 1.21. The molecule has 1 unspecified atom stereocenters. The van der Waals surface area contributed by atoms with Crippen molar-refractivity contribution in [2.45, 2.75) is 51.0 Å². The van der Waals surface area contributed by atoms with Gasteiger partial charge < -0.3 is 10.6 Å². The van der Waals surface area contributed by atoms with Crippen LogP contribution in [0.1, 0.15) is 54.4 Å². The largest absolute Gasteiger partial charge is 0.433 e. The highest BCUT2D eigenvalue weighted by atomic mass is 32.1. The van der Waals surface area contributed by atoms with E-state index in [0.29, 0.717) is 5.01 Å². The quantitative estimate of drug-likeness (QED) is 0.239. The van der Waals surface area contributed by atoms with Crippen LogP contribution in [0.15, 0.2) is 42.7 Å². The molecule has 4 aromatic rings. The molecule has 0 aliphatic carbocycles. The molecule has 0 bridgehead atoms. The van der Waals surface area contributed by atoms with E-state index in [9.17, 15) is 40.3 Å². The first kappa shape index (κ1) is 31.4. The molecular formula is C24H20F7N9O2S. The highest BCUT2D eigenvalue weighted by molar-refractivity contribution is 7.13. The zero-order valence-electron chi connectivity index (χ0n) is 21.7. The van der Waals surface area contributed by atoms with E-state index in [1.54, 1.807) is 0 Å². The molecule has 0 aliphatic heterocycles. The van der Waals surface area contributed by atoms with E-state index < -0.39 is 41.6 Å². The van der Waals surface area contributed by atoms with Crippen molar-refractivity contribution in [3.05, 3.63) is 81.1 Å². The fraction of sp³-hybridized carbons (Fsp3) is 0.333. The molecule has 2 amide bonds. The molecule has 0 spiro atoms. The highest BCUT2D eigenvalue weighted by Gasteiger charge is 2.32. The molecule has 0 saturated carbocycles. The third-order valence-corrected chi connectivity index (χ3v) is 6.57. The number of rotatable bonds is 11. The predicted molar refractivity (Wildman–Crippen MR) is 134 cm³/mol. The zero-order valence-corrected chi connectivity index (χ0v) is 22.5. The molecule has 2 N–H and O–H groups in total. The van der Waals surface area contributed by atoms with E-state index in [-0.39, 0.29) is 54.6 Å². The summed E-state index contributed by atoms with van der Waals surface area (Å²) in [4.78, 5) is 31.8. The molecule has 0 aliphatic rings. The lowest BCUT2D eigenvalue weighted by Crippen LogP contribution is -2.24. The Bertz CT molecular complexity index is 1570. The number of carbonyl (C=O) groups is 2. The summed E-state index contributed by atoms with van der Waals surface area (Å²) in [6.45, 7) is -0.846. The molecule has 4 rings (SSSR count). The van der Waals surface area contributed by atoms with E-state index in [2.05, 4.69) is 41.1 Å². The Kier molecular flexibility index (Phi) is 9.62. The van der Waals surface area contributed by atoms with E-state index >= 15 is 0 Å². The maximum atomic E-state index is 14.6. The average Bonchev–Trinajstić information content (AvgIpc) is 3.63. The summed E-state index contributed by atoms with van der Waals surface area (Å²) in [6.07, 6.45) is -8.43. The Morgan fingerprint density at radius 2 is 1.67 bits per heavy atom. The summed E-state index contributed by atoms with van der Waals surface area (Å²) in [5.74, 6) is -1.43. The topological polar surface area (TPSA) is 140 Å². The van der Waals surface area contributed by atoms with Gasteiger partial charge in [0.1, 0.15) is 16.9 Å². The smallest absolute Gasteiger partial charge is 0.345 e. The van der Waals surface area contributed by atoms with Gasteiger partial charge in [-0.05, 0) is 30.7 Å². The molecule has 1 atom stereocenters. The number of halogens is 7. The van der Waals surface area contributed by atoms with Crippen molar-refractivity contribution in [3.63, 3.8) is 0 Å². The number of aryl methyl sites for hydroxylation is 1. The van der Waals surface area contributed by atoms with Crippen molar-refractivity contribution >= 4 is 23.2 Å². The molecular weight excluding hydrogens is 611 g/mol. The van der Waals surface area contributed by atoms with Crippen LogP contribution < -0.4 is 10.6 Å². The van der Waals surface area contributed by atoms with Crippen molar-refractivity contribution in [2.75, 3.05) is 0 Å². The first-order valence-electron chi connectivity index (χ1n) is 12.3. The molecule has 4 aromatic heterocycles. The van der Waals surface area contributed by atoms with Gasteiger partial charge in [-0.3, -0.25) is 14.6 Å².